The van der Waals surface area contributed by atoms with Crippen molar-refractivity contribution in [3.05, 3.63) is 30.0 Å². The van der Waals surface area contributed by atoms with Crippen LogP contribution in [0.5, 0.6) is 5.75 Å². The van der Waals surface area contributed by atoms with Gasteiger partial charge in [-0.3, -0.25) is 0 Å². The average Bonchev–Trinajstić information content (AvgIpc) is 3.01. The number of benzene rings is 1. The summed E-state index contributed by atoms with van der Waals surface area (Å²) in [4.78, 5) is 37.6. The van der Waals surface area contributed by atoms with Crippen molar-refractivity contribution >= 4 is 29.1 Å². The Bertz CT molecular complexity index is 867. The lowest BCUT2D eigenvalue weighted by Gasteiger charge is -2.19. The van der Waals surface area contributed by atoms with Crippen LogP contribution in [0.3, 0.4) is 0 Å². The van der Waals surface area contributed by atoms with E-state index in [1.807, 2.05) is 12.3 Å². The Balaban J connectivity index is 1.91. The van der Waals surface area contributed by atoms with E-state index in [-0.39, 0.29) is 6.61 Å². The summed E-state index contributed by atoms with van der Waals surface area (Å²) in [7, 11) is 0. The molecule has 0 radical (unpaired) electrons. The SMILES string of the molecule is CCOC(=O)OC(=O)COc1ccc2[nH]cc(CCNC(=O)OC(C)(C)C)c2c1. The van der Waals surface area contributed by atoms with Gasteiger partial charge in [0.2, 0.25) is 0 Å². The molecule has 9 heteroatoms. The number of aromatic nitrogens is 1. The number of ether oxygens (including phenoxy) is 4. The van der Waals surface area contributed by atoms with Crippen molar-refractivity contribution in [3.63, 3.8) is 0 Å². The van der Waals surface area contributed by atoms with Crippen LogP contribution >= 0.6 is 0 Å². The van der Waals surface area contributed by atoms with Gasteiger partial charge in [-0.15, -0.1) is 0 Å². The van der Waals surface area contributed by atoms with Crippen molar-refractivity contribution in [2.75, 3.05) is 19.8 Å². The summed E-state index contributed by atoms with van der Waals surface area (Å²) in [6.45, 7) is 7.10. The van der Waals surface area contributed by atoms with Gasteiger partial charge in [-0.2, -0.15) is 0 Å². The number of aromatic amines is 1. The number of H-pyrrole nitrogens is 1. The highest BCUT2D eigenvalue weighted by Crippen LogP contribution is 2.24. The number of fused-ring (bicyclic) bond motifs is 1. The Morgan fingerprint density at radius 1 is 1.17 bits per heavy atom. The summed E-state index contributed by atoms with van der Waals surface area (Å²) in [6, 6.07) is 5.28. The largest absolute Gasteiger partial charge is 0.516 e. The molecule has 2 aromatic rings. The number of carbonyl (C=O) groups excluding carboxylic acids is 3. The molecule has 0 unspecified atom stereocenters. The van der Waals surface area contributed by atoms with Gasteiger partial charge in [-0.25, -0.2) is 14.4 Å². The van der Waals surface area contributed by atoms with Gasteiger partial charge in [0.1, 0.15) is 11.4 Å². The number of alkyl carbamates (subject to hydrolysis) is 1. The Hall–Kier alpha value is -3.23. The number of carbonyl (C=O) groups is 3. The molecule has 158 valence electrons. The predicted octanol–water partition coefficient (Wildman–Crippen LogP) is 3.31. The van der Waals surface area contributed by atoms with E-state index in [0.29, 0.717) is 18.7 Å². The first-order chi connectivity index (χ1) is 13.7. The number of amides is 1. The third-order valence-electron chi connectivity index (χ3n) is 3.62. The van der Waals surface area contributed by atoms with Gasteiger partial charge in [-0.05, 0) is 57.9 Å². The van der Waals surface area contributed by atoms with Crippen molar-refractivity contribution in [2.24, 2.45) is 0 Å². The van der Waals surface area contributed by atoms with E-state index in [0.717, 1.165) is 16.5 Å². The maximum Gasteiger partial charge on any atom is 0.516 e. The lowest BCUT2D eigenvalue weighted by Crippen LogP contribution is -2.33. The van der Waals surface area contributed by atoms with Crippen LogP contribution in [-0.4, -0.2) is 48.6 Å². The first kappa shape index (κ1) is 22.1. The molecule has 0 aliphatic rings. The van der Waals surface area contributed by atoms with E-state index in [1.165, 1.54) is 0 Å². The standard InChI is InChI=1S/C20H26N2O7/c1-5-26-19(25)28-17(23)12-27-14-6-7-16-15(10-14)13(11-22-16)8-9-21-18(24)29-20(2,3)4/h6-7,10-11,22H,5,8-9,12H2,1-4H3,(H,21,24). The van der Waals surface area contributed by atoms with Gasteiger partial charge in [0.05, 0.1) is 6.61 Å². The van der Waals surface area contributed by atoms with Gasteiger partial charge in [0.25, 0.3) is 0 Å². The van der Waals surface area contributed by atoms with E-state index < -0.39 is 30.4 Å². The van der Waals surface area contributed by atoms with Crippen LogP contribution < -0.4 is 10.1 Å². The molecule has 0 atom stereocenters. The number of hydrogen-bond acceptors (Lipinski definition) is 7. The van der Waals surface area contributed by atoms with Crippen LogP contribution in [0.15, 0.2) is 24.4 Å². The average molecular weight is 406 g/mol. The second-order valence-corrected chi connectivity index (χ2v) is 7.15. The zero-order valence-corrected chi connectivity index (χ0v) is 17.0. The van der Waals surface area contributed by atoms with E-state index in [2.05, 4.69) is 19.8 Å². The zero-order chi connectivity index (χ0) is 21.4. The van der Waals surface area contributed by atoms with Crippen molar-refractivity contribution in [1.29, 1.82) is 0 Å². The second-order valence-electron chi connectivity index (χ2n) is 7.15. The number of hydrogen-bond donors (Lipinski definition) is 2. The van der Waals surface area contributed by atoms with Gasteiger partial charge in [0.15, 0.2) is 6.61 Å². The molecule has 1 heterocycles. The molecule has 2 N–H and O–H groups in total. The maximum absolute atomic E-state index is 11.7. The quantitative estimate of drug-likeness (QED) is 0.535. The molecule has 2 rings (SSSR count). The minimum atomic E-state index is -1.05. The molecule has 0 aliphatic carbocycles. The van der Waals surface area contributed by atoms with E-state index in [1.54, 1.807) is 39.8 Å². The van der Waals surface area contributed by atoms with Crippen LogP contribution in [0, 0.1) is 0 Å². The van der Waals surface area contributed by atoms with Crippen molar-refractivity contribution in [2.45, 2.75) is 39.7 Å². The fraction of sp³-hybridized carbons (Fsp3) is 0.450. The van der Waals surface area contributed by atoms with Gasteiger partial charge in [-0.1, -0.05) is 0 Å². The Morgan fingerprint density at radius 2 is 1.93 bits per heavy atom. The van der Waals surface area contributed by atoms with E-state index in [9.17, 15) is 14.4 Å². The first-order valence-electron chi connectivity index (χ1n) is 9.25. The predicted molar refractivity (Wildman–Crippen MR) is 105 cm³/mol. The normalized spacial score (nSPS) is 11.0. The smallest absolute Gasteiger partial charge is 0.482 e. The van der Waals surface area contributed by atoms with E-state index >= 15 is 0 Å². The molecule has 1 aromatic heterocycles. The monoisotopic (exact) mass is 406 g/mol. The first-order valence-corrected chi connectivity index (χ1v) is 9.25. The van der Waals surface area contributed by atoms with E-state index in [4.69, 9.17) is 9.47 Å². The molecule has 0 aliphatic heterocycles. The number of esters is 1. The van der Waals surface area contributed by atoms with Crippen LogP contribution in [0.1, 0.15) is 33.3 Å². The summed E-state index contributed by atoms with van der Waals surface area (Å²) in [5.41, 5.74) is 1.31. The lowest BCUT2D eigenvalue weighted by molar-refractivity contribution is -0.142. The summed E-state index contributed by atoms with van der Waals surface area (Å²) in [6.07, 6.45) is 0.900. The van der Waals surface area contributed by atoms with Crippen LogP contribution in [-0.2, 0) is 25.4 Å². The van der Waals surface area contributed by atoms with Crippen molar-refractivity contribution in [3.8, 4) is 5.75 Å². The van der Waals surface area contributed by atoms with Gasteiger partial charge >= 0.3 is 18.2 Å². The van der Waals surface area contributed by atoms with Crippen molar-refractivity contribution in [1.82, 2.24) is 10.3 Å². The molecule has 0 fully saturated rings. The highest BCUT2D eigenvalue weighted by atomic mass is 16.7. The number of nitrogens with one attached hydrogen (secondary N) is 2. The Morgan fingerprint density at radius 3 is 2.62 bits per heavy atom. The van der Waals surface area contributed by atoms with Gasteiger partial charge < -0.3 is 29.2 Å². The van der Waals surface area contributed by atoms with Crippen LogP contribution in [0.25, 0.3) is 10.9 Å². The minimum Gasteiger partial charge on any atom is -0.482 e. The summed E-state index contributed by atoms with van der Waals surface area (Å²) in [5.74, 6) is -0.404. The summed E-state index contributed by atoms with van der Waals surface area (Å²) < 4.78 is 19.6. The third kappa shape index (κ3) is 7.36. The second kappa shape index (κ2) is 9.81. The highest BCUT2D eigenvalue weighted by molar-refractivity contribution is 5.85. The molecular formula is C20H26N2O7. The fourth-order valence-corrected chi connectivity index (χ4v) is 2.48. The number of rotatable bonds is 7. The topological polar surface area (TPSA) is 116 Å². The summed E-state index contributed by atoms with van der Waals surface area (Å²) >= 11 is 0. The molecule has 0 spiro atoms. The highest BCUT2D eigenvalue weighted by Gasteiger charge is 2.16. The molecule has 1 amide bonds. The van der Waals surface area contributed by atoms with Crippen LogP contribution in [0.4, 0.5) is 9.59 Å². The zero-order valence-electron chi connectivity index (χ0n) is 17.0. The van der Waals surface area contributed by atoms with Gasteiger partial charge in [0, 0.05) is 23.6 Å². The third-order valence-corrected chi connectivity index (χ3v) is 3.62. The molecular weight excluding hydrogens is 380 g/mol. The van der Waals surface area contributed by atoms with Crippen molar-refractivity contribution < 1.29 is 33.3 Å². The fourth-order valence-electron chi connectivity index (χ4n) is 2.48. The molecule has 0 saturated carbocycles. The molecule has 0 bridgehead atoms. The lowest BCUT2D eigenvalue weighted by atomic mass is 10.1. The Labute approximate surface area is 168 Å². The molecule has 1 aromatic carbocycles. The van der Waals surface area contributed by atoms with Crippen LogP contribution in [0.2, 0.25) is 0 Å². The molecule has 29 heavy (non-hydrogen) atoms. The minimum absolute atomic E-state index is 0.114. The maximum atomic E-state index is 11.7. The summed E-state index contributed by atoms with van der Waals surface area (Å²) in [5, 5.41) is 3.61. The molecule has 0 saturated heterocycles. The Kier molecular flexibility index (Phi) is 7.46. The molecule has 9 nitrogen and oxygen atoms in total.